The summed E-state index contributed by atoms with van der Waals surface area (Å²) in [7, 11) is 0. The van der Waals surface area contributed by atoms with E-state index in [4.69, 9.17) is 10.8 Å². The SMILES string of the molecule is N[C@@H](CS)C(=O)O.[Co]. The summed E-state index contributed by atoms with van der Waals surface area (Å²) >= 11 is 3.65. The van der Waals surface area contributed by atoms with Crippen molar-refractivity contribution in [3.8, 4) is 0 Å². The van der Waals surface area contributed by atoms with Gasteiger partial charge in [0.15, 0.2) is 0 Å². The average Bonchev–Trinajstić information content (AvgIpc) is 1.65. The molecule has 8 heavy (non-hydrogen) atoms. The zero-order chi connectivity index (χ0) is 5.86. The van der Waals surface area contributed by atoms with Gasteiger partial charge in [0.1, 0.15) is 6.04 Å². The molecule has 0 aromatic carbocycles. The van der Waals surface area contributed by atoms with Crippen molar-refractivity contribution < 1.29 is 26.7 Å². The number of hydrogen-bond acceptors (Lipinski definition) is 3. The largest absolute Gasteiger partial charge is 0.480 e. The summed E-state index contributed by atoms with van der Waals surface area (Å²) < 4.78 is 0. The fourth-order valence-corrected chi connectivity index (χ4v) is 0.234. The van der Waals surface area contributed by atoms with Gasteiger partial charge in [0, 0.05) is 22.5 Å². The minimum Gasteiger partial charge on any atom is -0.480 e. The van der Waals surface area contributed by atoms with Crippen LogP contribution in [0.15, 0.2) is 0 Å². The molecule has 0 saturated carbocycles. The van der Waals surface area contributed by atoms with Crippen LogP contribution in [0.3, 0.4) is 0 Å². The molecule has 0 unspecified atom stereocenters. The summed E-state index contributed by atoms with van der Waals surface area (Å²) in [5, 5.41) is 8.01. The van der Waals surface area contributed by atoms with Gasteiger partial charge < -0.3 is 10.8 Å². The minimum atomic E-state index is -1.00. The predicted molar refractivity (Wildman–Crippen MR) is 29.5 cm³/mol. The van der Waals surface area contributed by atoms with Crippen molar-refractivity contribution in [2.45, 2.75) is 6.04 Å². The van der Waals surface area contributed by atoms with Gasteiger partial charge in [-0.05, 0) is 0 Å². The van der Waals surface area contributed by atoms with Crippen LogP contribution in [0.5, 0.6) is 0 Å². The molecular weight excluding hydrogens is 173 g/mol. The molecule has 0 aliphatic rings. The quantitative estimate of drug-likeness (QED) is 0.493. The number of carboxylic acid groups (broad SMARTS) is 1. The second-order valence-corrected chi connectivity index (χ2v) is 1.49. The van der Waals surface area contributed by atoms with E-state index >= 15 is 0 Å². The number of rotatable bonds is 2. The van der Waals surface area contributed by atoms with Crippen LogP contribution < -0.4 is 5.73 Å². The third-order valence-electron chi connectivity index (χ3n) is 0.514. The summed E-state index contributed by atoms with van der Waals surface area (Å²) in [6, 6.07) is -0.816. The van der Waals surface area contributed by atoms with E-state index in [2.05, 4.69) is 12.6 Å². The number of carboxylic acids is 1. The normalized spacial score (nSPS) is 11.8. The Bertz CT molecular complexity index is 79.7. The summed E-state index contributed by atoms with van der Waals surface area (Å²) in [5.74, 6) is -0.815. The van der Waals surface area contributed by atoms with E-state index in [0.29, 0.717) is 0 Å². The van der Waals surface area contributed by atoms with Crippen molar-refractivity contribution in [3.63, 3.8) is 0 Å². The summed E-state index contributed by atoms with van der Waals surface area (Å²) in [6.45, 7) is 0. The Hall–Kier alpha value is 0.286. The van der Waals surface area contributed by atoms with Gasteiger partial charge >= 0.3 is 5.97 Å². The van der Waals surface area contributed by atoms with Crippen molar-refractivity contribution in [1.82, 2.24) is 0 Å². The van der Waals surface area contributed by atoms with Gasteiger partial charge in [-0.25, -0.2) is 0 Å². The molecule has 0 aromatic heterocycles. The Morgan fingerprint density at radius 3 is 2.25 bits per heavy atom. The van der Waals surface area contributed by atoms with Crippen LogP contribution in [0.25, 0.3) is 0 Å². The van der Waals surface area contributed by atoms with Gasteiger partial charge in [-0.3, -0.25) is 4.79 Å². The second-order valence-electron chi connectivity index (χ2n) is 1.13. The first-order valence-corrected chi connectivity index (χ1v) is 2.41. The molecule has 0 rings (SSSR count). The van der Waals surface area contributed by atoms with Gasteiger partial charge in [-0.2, -0.15) is 12.6 Å². The van der Waals surface area contributed by atoms with E-state index in [-0.39, 0.29) is 22.5 Å². The topological polar surface area (TPSA) is 63.3 Å². The van der Waals surface area contributed by atoms with E-state index in [9.17, 15) is 4.79 Å². The standard InChI is InChI=1S/C3H7NO2S.Co/c4-2(1-7)3(5)6;/h2,7H,1,4H2,(H,5,6);/t2-;/m0./s1. The Labute approximate surface area is 63.2 Å². The third kappa shape index (κ3) is 4.45. The van der Waals surface area contributed by atoms with Crippen molar-refractivity contribution in [1.29, 1.82) is 0 Å². The molecule has 0 fully saturated rings. The molecule has 0 aliphatic carbocycles. The molecule has 1 atom stereocenters. The Balaban J connectivity index is 0. The van der Waals surface area contributed by atoms with Crippen LogP contribution in [-0.2, 0) is 21.6 Å². The Morgan fingerprint density at radius 2 is 2.25 bits per heavy atom. The molecule has 0 spiro atoms. The number of nitrogens with two attached hydrogens (primary N) is 1. The smallest absolute Gasteiger partial charge is 0.321 e. The molecule has 3 N–H and O–H groups in total. The second kappa shape index (κ2) is 5.42. The monoisotopic (exact) mass is 180 g/mol. The minimum absolute atomic E-state index is 0. The fraction of sp³-hybridized carbons (Fsp3) is 0.667. The van der Waals surface area contributed by atoms with Gasteiger partial charge in [-0.15, -0.1) is 0 Å². The molecule has 0 saturated heterocycles. The predicted octanol–water partition coefficient (Wildman–Crippen LogP) is -0.674. The first kappa shape index (κ1) is 11.1. The van der Waals surface area contributed by atoms with Gasteiger partial charge in [0.05, 0.1) is 0 Å². The summed E-state index contributed by atoms with van der Waals surface area (Å²) in [4.78, 5) is 9.76. The van der Waals surface area contributed by atoms with Crippen molar-refractivity contribution in [2.24, 2.45) is 5.73 Å². The average molecular weight is 180 g/mol. The number of aliphatic carboxylic acids is 1. The number of hydrogen-bond donors (Lipinski definition) is 3. The van der Waals surface area contributed by atoms with Crippen molar-refractivity contribution in [2.75, 3.05) is 5.75 Å². The summed E-state index contributed by atoms with van der Waals surface area (Å²) in [6.07, 6.45) is 0. The molecule has 3 nitrogen and oxygen atoms in total. The molecule has 5 heteroatoms. The fourth-order valence-electron chi connectivity index (χ4n) is 0.0781. The number of carbonyl (C=O) groups is 1. The molecule has 0 amide bonds. The van der Waals surface area contributed by atoms with Gasteiger partial charge in [-0.1, -0.05) is 0 Å². The maximum absolute atomic E-state index is 9.76. The van der Waals surface area contributed by atoms with E-state index < -0.39 is 12.0 Å². The van der Waals surface area contributed by atoms with E-state index in [0.717, 1.165) is 0 Å². The molecule has 0 aliphatic heterocycles. The van der Waals surface area contributed by atoms with Gasteiger partial charge in [0.25, 0.3) is 0 Å². The van der Waals surface area contributed by atoms with Crippen LogP contribution in [0.1, 0.15) is 0 Å². The van der Waals surface area contributed by atoms with Crippen molar-refractivity contribution in [3.05, 3.63) is 0 Å². The van der Waals surface area contributed by atoms with Gasteiger partial charge in [0.2, 0.25) is 0 Å². The Kier molecular flexibility index (Phi) is 7.55. The maximum atomic E-state index is 9.76. The molecule has 0 heterocycles. The first-order valence-electron chi connectivity index (χ1n) is 1.77. The molecule has 0 aromatic rings. The van der Waals surface area contributed by atoms with E-state index in [1.807, 2.05) is 0 Å². The van der Waals surface area contributed by atoms with Crippen LogP contribution >= 0.6 is 12.6 Å². The maximum Gasteiger partial charge on any atom is 0.321 e. The van der Waals surface area contributed by atoms with Crippen LogP contribution in [0.2, 0.25) is 0 Å². The molecular formula is C3H7CoNO2S. The van der Waals surface area contributed by atoms with Crippen LogP contribution in [0, 0.1) is 0 Å². The zero-order valence-corrected chi connectivity index (χ0v) is 5.93. The van der Waals surface area contributed by atoms with E-state index in [1.165, 1.54) is 0 Å². The molecule has 51 valence electrons. The molecule has 1 radical (unpaired) electrons. The van der Waals surface area contributed by atoms with Crippen LogP contribution in [-0.4, -0.2) is 22.9 Å². The van der Waals surface area contributed by atoms with Crippen LogP contribution in [0.4, 0.5) is 0 Å². The summed E-state index contributed by atoms with van der Waals surface area (Å²) in [5.41, 5.74) is 4.94. The number of thiol groups is 1. The molecule has 0 bridgehead atoms. The Morgan fingerprint density at radius 1 is 1.88 bits per heavy atom. The first-order chi connectivity index (χ1) is 3.18. The third-order valence-corrected chi connectivity index (χ3v) is 0.907. The van der Waals surface area contributed by atoms with Crippen molar-refractivity contribution >= 4 is 18.6 Å². The van der Waals surface area contributed by atoms with E-state index in [1.54, 1.807) is 0 Å². The zero-order valence-electron chi connectivity index (χ0n) is 4.00.